The first kappa shape index (κ1) is 19.0. The van der Waals surface area contributed by atoms with Crippen molar-refractivity contribution < 1.29 is 4.39 Å². The van der Waals surface area contributed by atoms with Crippen molar-refractivity contribution in [2.24, 2.45) is 0 Å². The van der Waals surface area contributed by atoms with Gasteiger partial charge in [-0.25, -0.2) is 4.39 Å². The SMILES string of the molecule is CC.CCCSNc1cccc(-c2cn[nH]c2-c2ccncc2)c1F. The van der Waals surface area contributed by atoms with Gasteiger partial charge in [-0.1, -0.05) is 44.9 Å². The third kappa shape index (κ3) is 4.60. The third-order valence-corrected chi connectivity index (χ3v) is 4.36. The molecule has 0 aliphatic carbocycles. The van der Waals surface area contributed by atoms with Crippen LogP contribution >= 0.6 is 11.9 Å². The second-order valence-corrected chi connectivity index (χ2v) is 5.91. The Morgan fingerprint density at radius 1 is 1.12 bits per heavy atom. The first-order valence-electron chi connectivity index (χ1n) is 8.41. The number of halogens is 1. The highest BCUT2D eigenvalue weighted by atomic mass is 32.2. The Labute approximate surface area is 152 Å². The van der Waals surface area contributed by atoms with Gasteiger partial charge in [0, 0.05) is 34.8 Å². The van der Waals surface area contributed by atoms with E-state index in [1.54, 1.807) is 30.7 Å². The van der Waals surface area contributed by atoms with Gasteiger partial charge in [0.1, 0.15) is 0 Å². The van der Waals surface area contributed by atoms with Crippen LogP contribution in [0.3, 0.4) is 0 Å². The van der Waals surface area contributed by atoms with E-state index in [-0.39, 0.29) is 5.82 Å². The first-order chi connectivity index (χ1) is 12.3. The fourth-order valence-corrected chi connectivity index (χ4v) is 2.90. The van der Waals surface area contributed by atoms with Crippen molar-refractivity contribution in [3.8, 4) is 22.4 Å². The zero-order valence-electron chi connectivity index (χ0n) is 14.7. The second-order valence-electron chi connectivity index (χ2n) is 5.01. The maximum absolute atomic E-state index is 14.8. The molecular weight excluding hydrogens is 335 g/mol. The molecule has 2 aromatic heterocycles. The lowest BCUT2D eigenvalue weighted by Crippen LogP contribution is -1.95. The monoisotopic (exact) mass is 358 g/mol. The van der Waals surface area contributed by atoms with E-state index in [1.165, 1.54) is 11.9 Å². The highest BCUT2D eigenvalue weighted by molar-refractivity contribution is 8.00. The highest BCUT2D eigenvalue weighted by Crippen LogP contribution is 2.34. The summed E-state index contributed by atoms with van der Waals surface area (Å²) in [5.74, 6) is 0.658. The van der Waals surface area contributed by atoms with Gasteiger partial charge in [-0.15, -0.1) is 0 Å². The van der Waals surface area contributed by atoms with E-state index < -0.39 is 0 Å². The second kappa shape index (κ2) is 9.84. The van der Waals surface area contributed by atoms with Crippen molar-refractivity contribution in [1.29, 1.82) is 0 Å². The number of anilines is 1. The number of aromatic nitrogens is 3. The van der Waals surface area contributed by atoms with Gasteiger partial charge in [-0.2, -0.15) is 5.10 Å². The average molecular weight is 358 g/mol. The number of aromatic amines is 1. The molecule has 2 heterocycles. The molecule has 0 saturated carbocycles. The molecule has 0 amide bonds. The molecule has 4 nitrogen and oxygen atoms in total. The van der Waals surface area contributed by atoms with Crippen LogP contribution in [0.1, 0.15) is 27.2 Å². The molecule has 6 heteroatoms. The predicted octanol–water partition coefficient (Wildman–Crippen LogP) is 5.77. The lowest BCUT2D eigenvalue weighted by Gasteiger charge is -2.10. The van der Waals surface area contributed by atoms with Gasteiger partial charge in [0.15, 0.2) is 5.82 Å². The summed E-state index contributed by atoms with van der Waals surface area (Å²) in [5.41, 5.74) is 3.45. The Balaban J connectivity index is 0.00000109. The van der Waals surface area contributed by atoms with E-state index in [0.29, 0.717) is 11.3 Å². The minimum absolute atomic E-state index is 0.271. The Hall–Kier alpha value is -2.34. The lowest BCUT2D eigenvalue weighted by atomic mass is 10.0. The molecule has 3 rings (SSSR count). The molecule has 3 aromatic rings. The number of nitrogens with one attached hydrogen (secondary N) is 2. The summed E-state index contributed by atoms with van der Waals surface area (Å²) in [7, 11) is 0. The van der Waals surface area contributed by atoms with Crippen LogP contribution in [0, 0.1) is 5.82 Å². The van der Waals surface area contributed by atoms with Crippen LogP contribution < -0.4 is 4.72 Å². The molecule has 0 unspecified atom stereocenters. The van der Waals surface area contributed by atoms with E-state index in [2.05, 4.69) is 26.8 Å². The van der Waals surface area contributed by atoms with Crippen LogP contribution in [-0.2, 0) is 0 Å². The molecule has 0 fully saturated rings. The van der Waals surface area contributed by atoms with E-state index in [1.807, 2.05) is 32.0 Å². The van der Waals surface area contributed by atoms with Gasteiger partial charge in [-0.05, 0) is 24.6 Å². The molecular formula is C19H23FN4S. The Morgan fingerprint density at radius 3 is 2.60 bits per heavy atom. The summed E-state index contributed by atoms with van der Waals surface area (Å²) in [4.78, 5) is 4.01. The van der Waals surface area contributed by atoms with Crippen molar-refractivity contribution in [1.82, 2.24) is 15.2 Å². The molecule has 132 valence electrons. The minimum Gasteiger partial charge on any atom is -0.327 e. The molecule has 1 aromatic carbocycles. The highest BCUT2D eigenvalue weighted by Gasteiger charge is 2.15. The van der Waals surface area contributed by atoms with Crippen molar-refractivity contribution in [3.63, 3.8) is 0 Å². The van der Waals surface area contributed by atoms with Gasteiger partial charge in [0.2, 0.25) is 0 Å². The summed E-state index contributed by atoms with van der Waals surface area (Å²) in [6.45, 7) is 6.09. The molecule has 0 aliphatic rings. The van der Waals surface area contributed by atoms with E-state index >= 15 is 0 Å². The maximum atomic E-state index is 14.8. The zero-order chi connectivity index (χ0) is 18.1. The van der Waals surface area contributed by atoms with Crippen molar-refractivity contribution >= 4 is 17.6 Å². The maximum Gasteiger partial charge on any atom is 0.155 e. The summed E-state index contributed by atoms with van der Waals surface area (Å²) in [6, 6.07) is 9.09. The largest absolute Gasteiger partial charge is 0.327 e. The van der Waals surface area contributed by atoms with Crippen LogP contribution in [0.25, 0.3) is 22.4 Å². The van der Waals surface area contributed by atoms with Gasteiger partial charge < -0.3 is 4.72 Å². The molecule has 0 bridgehead atoms. The fourth-order valence-electron chi connectivity index (χ4n) is 2.28. The molecule has 0 aliphatic heterocycles. The molecule has 0 saturated heterocycles. The van der Waals surface area contributed by atoms with Crippen molar-refractivity contribution in [2.75, 3.05) is 10.5 Å². The number of nitrogens with zero attached hydrogens (tertiary/aromatic N) is 2. The molecule has 0 radical (unpaired) electrons. The number of benzene rings is 1. The van der Waals surface area contributed by atoms with E-state index in [0.717, 1.165) is 29.0 Å². The Kier molecular flexibility index (Phi) is 7.47. The standard InChI is InChI=1S/C17H17FN4S.C2H6/c1-2-10-23-22-15-5-3-4-13(16(15)18)14-11-20-21-17(14)12-6-8-19-9-7-12;1-2/h3-9,11,22H,2,10H2,1H3,(H,20,21);1-2H3. The number of H-pyrrole nitrogens is 1. The molecule has 0 atom stereocenters. The predicted molar refractivity (Wildman–Crippen MR) is 105 cm³/mol. The van der Waals surface area contributed by atoms with Gasteiger partial charge in [-0.3, -0.25) is 10.1 Å². The Morgan fingerprint density at radius 2 is 1.88 bits per heavy atom. The summed E-state index contributed by atoms with van der Waals surface area (Å²) < 4.78 is 17.9. The smallest absolute Gasteiger partial charge is 0.155 e. The van der Waals surface area contributed by atoms with Crippen molar-refractivity contribution in [3.05, 3.63) is 54.7 Å². The van der Waals surface area contributed by atoms with Gasteiger partial charge in [0.25, 0.3) is 0 Å². The molecule has 2 N–H and O–H groups in total. The summed E-state index contributed by atoms with van der Waals surface area (Å²) >= 11 is 1.51. The average Bonchev–Trinajstić information content (AvgIpc) is 3.15. The Bertz CT molecular complexity index is 774. The first-order valence-corrected chi connectivity index (χ1v) is 9.40. The van der Waals surface area contributed by atoms with Crippen LogP contribution in [0.5, 0.6) is 0 Å². The quantitative estimate of drug-likeness (QED) is 0.433. The van der Waals surface area contributed by atoms with Crippen LogP contribution in [0.2, 0.25) is 0 Å². The number of hydrogen-bond acceptors (Lipinski definition) is 4. The van der Waals surface area contributed by atoms with Gasteiger partial charge >= 0.3 is 0 Å². The third-order valence-electron chi connectivity index (χ3n) is 3.39. The zero-order valence-corrected chi connectivity index (χ0v) is 15.5. The summed E-state index contributed by atoms with van der Waals surface area (Å²) in [5, 5.41) is 7.03. The number of pyridine rings is 1. The topological polar surface area (TPSA) is 53.6 Å². The van der Waals surface area contributed by atoms with E-state index in [4.69, 9.17) is 0 Å². The minimum atomic E-state index is -0.271. The fraction of sp³-hybridized carbons (Fsp3) is 0.263. The normalized spacial score (nSPS) is 10.1. The summed E-state index contributed by atoms with van der Waals surface area (Å²) in [6.07, 6.45) is 6.09. The number of hydrogen-bond donors (Lipinski definition) is 2. The lowest BCUT2D eigenvalue weighted by molar-refractivity contribution is 0.636. The number of rotatable bonds is 6. The molecule has 25 heavy (non-hydrogen) atoms. The van der Waals surface area contributed by atoms with Gasteiger partial charge in [0.05, 0.1) is 17.6 Å². The van der Waals surface area contributed by atoms with Crippen molar-refractivity contribution in [2.45, 2.75) is 27.2 Å². The van der Waals surface area contributed by atoms with Crippen LogP contribution in [0.4, 0.5) is 10.1 Å². The van der Waals surface area contributed by atoms with Crippen LogP contribution in [-0.4, -0.2) is 20.9 Å². The van der Waals surface area contributed by atoms with Crippen LogP contribution in [0.15, 0.2) is 48.9 Å². The molecule has 0 spiro atoms. The van der Waals surface area contributed by atoms with E-state index in [9.17, 15) is 4.39 Å².